The van der Waals surface area contributed by atoms with Crippen molar-refractivity contribution in [1.82, 2.24) is 30.1 Å². The van der Waals surface area contributed by atoms with Crippen molar-refractivity contribution in [2.24, 2.45) is 7.05 Å². The van der Waals surface area contributed by atoms with Gasteiger partial charge in [-0.25, -0.2) is 0 Å². The lowest BCUT2D eigenvalue weighted by molar-refractivity contribution is 0.589. The SMILES string of the molecule is CC(C)NCc1ccc2c(ccn2Cc2nnn(C)n2)c1. The first-order valence-corrected chi connectivity index (χ1v) is 7.16. The number of rotatable bonds is 5. The van der Waals surface area contributed by atoms with E-state index in [2.05, 4.69) is 69.6 Å². The predicted octanol–water partition coefficient (Wildman–Crippen LogP) is 1.71. The summed E-state index contributed by atoms with van der Waals surface area (Å²) in [6, 6.07) is 9.17. The van der Waals surface area contributed by atoms with Gasteiger partial charge < -0.3 is 9.88 Å². The first kappa shape index (κ1) is 13.8. The van der Waals surface area contributed by atoms with Crippen LogP contribution in [-0.2, 0) is 20.1 Å². The van der Waals surface area contributed by atoms with Gasteiger partial charge in [0.15, 0.2) is 5.82 Å². The summed E-state index contributed by atoms with van der Waals surface area (Å²) < 4.78 is 2.14. The molecule has 110 valence electrons. The summed E-state index contributed by atoms with van der Waals surface area (Å²) in [7, 11) is 1.78. The Morgan fingerprint density at radius 1 is 1.24 bits per heavy atom. The number of hydrogen-bond donors (Lipinski definition) is 1. The van der Waals surface area contributed by atoms with Crippen molar-refractivity contribution in [2.45, 2.75) is 33.0 Å². The van der Waals surface area contributed by atoms with Crippen molar-refractivity contribution in [3.05, 3.63) is 41.9 Å². The molecule has 0 aliphatic carbocycles. The Morgan fingerprint density at radius 3 is 2.81 bits per heavy atom. The van der Waals surface area contributed by atoms with Gasteiger partial charge in [0.1, 0.15) is 0 Å². The molecule has 3 aromatic rings. The number of aryl methyl sites for hydroxylation is 1. The molecule has 3 rings (SSSR count). The van der Waals surface area contributed by atoms with E-state index >= 15 is 0 Å². The molecule has 0 saturated heterocycles. The summed E-state index contributed by atoms with van der Waals surface area (Å²) in [6.07, 6.45) is 2.07. The minimum Gasteiger partial charge on any atom is -0.340 e. The maximum Gasteiger partial charge on any atom is 0.194 e. The van der Waals surface area contributed by atoms with Gasteiger partial charge >= 0.3 is 0 Å². The average molecular weight is 284 g/mol. The number of benzene rings is 1. The zero-order valence-electron chi connectivity index (χ0n) is 12.6. The first-order chi connectivity index (χ1) is 10.1. The van der Waals surface area contributed by atoms with Crippen LogP contribution >= 0.6 is 0 Å². The third-order valence-corrected chi connectivity index (χ3v) is 3.41. The van der Waals surface area contributed by atoms with Crippen LogP contribution < -0.4 is 5.32 Å². The largest absolute Gasteiger partial charge is 0.340 e. The summed E-state index contributed by atoms with van der Waals surface area (Å²) in [5, 5.41) is 16.8. The Kier molecular flexibility index (Phi) is 3.70. The second-order valence-corrected chi connectivity index (χ2v) is 5.57. The predicted molar refractivity (Wildman–Crippen MR) is 81.8 cm³/mol. The van der Waals surface area contributed by atoms with E-state index < -0.39 is 0 Å². The van der Waals surface area contributed by atoms with E-state index in [0.29, 0.717) is 12.6 Å². The Balaban J connectivity index is 1.82. The van der Waals surface area contributed by atoms with Crippen molar-refractivity contribution in [3.8, 4) is 0 Å². The number of aromatic nitrogens is 5. The van der Waals surface area contributed by atoms with Gasteiger partial charge in [0.05, 0.1) is 13.6 Å². The smallest absolute Gasteiger partial charge is 0.194 e. The number of nitrogens with zero attached hydrogens (tertiary/aromatic N) is 5. The van der Waals surface area contributed by atoms with Gasteiger partial charge in [-0.2, -0.15) is 4.80 Å². The van der Waals surface area contributed by atoms with E-state index in [-0.39, 0.29) is 0 Å². The third kappa shape index (κ3) is 3.11. The highest BCUT2D eigenvalue weighted by Gasteiger charge is 2.06. The molecule has 21 heavy (non-hydrogen) atoms. The summed E-state index contributed by atoms with van der Waals surface area (Å²) in [4.78, 5) is 1.48. The van der Waals surface area contributed by atoms with Crippen LogP contribution in [-0.4, -0.2) is 30.8 Å². The molecular weight excluding hydrogens is 264 g/mol. The standard InChI is InChI=1S/C15H20N6/c1-11(2)16-9-12-4-5-14-13(8-12)6-7-21(14)10-15-17-19-20(3)18-15/h4-8,11,16H,9-10H2,1-3H3. The number of hydrogen-bond acceptors (Lipinski definition) is 4. The molecule has 1 aromatic carbocycles. The number of tetrazole rings is 1. The van der Waals surface area contributed by atoms with E-state index in [0.717, 1.165) is 12.4 Å². The van der Waals surface area contributed by atoms with E-state index in [9.17, 15) is 0 Å². The lowest BCUT2D eigenvalue weighted by Crippen LogP contribution is -2.21. The molecule has 0 aliphatic rings. The fourth-order valence-corrected chi connectivity index (χ4v) is 2.36. The number of fused-ring (bicyclic) bond motifs is 1. The van der Waals surface area contributed by atoms with Gasteiger partial charge in [0.2, 0.25) is 0 Å². The second-order valence-electron chi connectivity index (χ2n) is 5.57. The fraction of sp³-hybridized carbons (Fsp3) is 0.400. The molecule has 0 fully saturated rings. The molecule has 6 heteroatoms. The van der Waals surface area contributed by atoms with E-state index in [1.165, 1.54) is 21.3 Å². The van der Waals surface area contributed by atoms with Crippen molar-refractivity contribution in [2.75, 3.05) is 0 Å². The molecule has 0 spiro atoms. The first-order valence-electron chi connectivity index (χ1n) is 7.16. The van der Waals surface area contributed by atoms with Gasteiger partial charge in [-0.05, 0) is 34.4 Å². The highest BCUT2D eigenvalue weighted by Crippen LogP contribution is 2.18. The highest BCUT2D eigenvalue weighted by molar-refractivity contribution is 5.80. The molecule has 1 N–H and O–H groups in total. The van der Waals surface area contributed by atoms with Crippen LogP contribution in [0.1, 0.15) is 25.2 Å². The zero-order chi connectivity index (χ0) is 14.8. The van der Waals surface area contributed by atoms with Crippen molar-refractivity contribution in [1.29, 1.82) is 0 Å². The van der Waals surface area contributed by atoms with Crippen LogP contribution in [0.2, 0.25) is 0 Å². The van der Waals surface area contributed by atoms with Gasteiger partial charge in [-0.3, -0.25) is 0 Å². The van der Waals surface area contributed by atoms with Crippen LogP contribution in [0.4, 0.5) is 0 Å². The molecule has 0 bridgehead atoms. The Morgan fingerprint density at radius 2 is 2.10 bits per heavy atom. The molecule has 0 radical (unpaired) electrons. The average Bonchev–Trinajstić information content (AvgIpc) is 3.04. The molecule has 0 unspecified atom stereocenters. The summed E-state index contributed by atoms with van der Waals surface area (Å²) >= 11 is 0. The molecule has 0 aliphatic heterocycles. The monoisotopic (exact) mass is 284 g/mol. The molecule has 2 aromatic heterocycles. The minimum absolute atomic E-state index is 0.494. The zero-order valence-corrected chi connectivity index (χ0v) is 12.6. The van der Waals surface area contributed by atoms with Gasteiger partial charge in [0.25, 0.3) is 0 Å². The van der Waals surface area contributed by atoms with Crippen LogP contribution in [0, 0.1) is 0 Å². The van der Waals surface area contributed by atoms with Crippen molar-refractivity contribution in [3.63, 3.8) is 0 Å². The normalized spacial score (nSPS) is 11.6. The van der Waals surface area contributed by atoms with Crippen LogP contribution in [0.15, 0.2) is 30.5 Å². The quantitative estimate of drug-likeness (QED) is 0.775. The van der Waals surface area contributed by atoms with Gasteiger partial charge in [-0.15, -0.1) is 10.2 Å². The van der Waals surface area contributed by atoms with E-state index in [1.54, 1.807) is 7.05 Å². The topological polar surface area (TPSA) is 60.6 Å². The lowest BCUT2D eigenvalue weighted by atomic mass is 10.1. The molecule has 0 atom stereocenters. The molecule has 0 saturated carbocycles. The van der Waals surface area contributed by atoms with Crippen molar-refractivity contribution >= 4 is 10.9 Å². The van der Waals surface area contributed by atoms with E-state index in [4.69, 9.17) is 0 Å². The van der Waals surface area contributed by atoms with Crippen LogP contribution in [0.5, 0.6) is 0 Å². The molecular formula is C15H20N6. The summed E-state index contributed by atoms with van der Waals surface area (Å²) in [5.74, 6) is 0.723. The van der Waals surface area contributed by atoms with Crippen LogP contribution in [0.25, 0.3) is 10.9 Å². The Bertz CT molecular complexity index is 740. The maximum absolute atomic E-state index is 4.22. The molecule has 6 nitrogen and oxygen atoms in total. The second kappa shape index (κ2) is 5.65. The number of nitrogens with one attached hydrogen (secondary N) is 1. The Hall–Kier alpha value is -2.21. The maximum atomic E-state index is 4.22. The Labute approximate surface area is 123 Å². The van der Waals surface area contributed by atoms with Crippen LogP contribution in [0.3, 0.4) is 0 Å². The third-order valence-electron chi connectivity index (χ3n) is 3.41. The van der Waals surface area contributed by atoms with Gasteiger partial charge in [-0.1, -0.05) is 19.9 Å². The van der Waals surface area contributed by atoms with Gasteiger partial charge in [0, 0.05) is 24.3 Å². The highest BCUT2D eigenvalue weighted by atomic mass is 15.6. The molecule has 2 heterocycles. The minimum atomic E-state index is 0.494. The summed E-state index contributed by atoms with van der Waals surface area (Å²) in [5.41, 5.74) is 2.49. The fourth-order valence-electron chi connectivity index (χ4n) is 2.36. The lowest BCUT2D eigenvalue weighted by Gasteiger charge is -2.08. The summed E-state index contributed by atoms with van der Waals surface area (Å²) in [6.45, 7) is 5.84. The van der Waals surface area contributed by atoms with Crippen molar-refractivity contribution < 1.29 is 0 Å². The van der Waals surface area contributed by atoms with E-state index in [1.807, 2.05) is 0 Å². The molecule has 0 amide bonds.